The highest BCUT2D eigenvalue weighted by atomic mass is 24.3. The molecule has 5 heavy (non-hydrogen) atoms. The molecule has 0 aromatic heterocycles. The van der Waals surface area contributed by atoms with Crippen LogP contribution in [0.25, 0.3) is 0 Å². The molecule has 0 aliphatic heterocycles. The maximum Gasteiger partial charge on any atom is 0.316 e. The zero-order valence-electron chi connectivity index (χ0n) is 1.39. The molecule has 30 valence electrons. The van der Waals surface area contributed by atoms with E-state index >= 15 is 0 Å². The number of rotatable bonds is 0. The summed E-state index contributed by atoms with van der Waals surface area (Å²) in [6, 6.07) is 0. The molecule has 0 aliphatic rings. The molecule has 0 radical (unpaired) electrons. The Morgan fingerprint density at radius 2 is 0.800 bits per heavy atom. The zero-order chi connectivity index (χ0) is 2.00. The van der Waals surface area contributed by atoms with Crippen LogP contribution in [-0.4, -0.2) is 62.1 Å². The van der Waals surface area contributed by atoms with Crippen LogP contribution >= 0.6 is 0 Å². The normalized spacial score (nSPS) is 1.20. The van der Waals surface area contributed by atoms with Crippen LogP contribution in [0.15, 0.2) is 0 Å². The van der Waals surface area contributed by atoms with Gasteiger partial charge in [0.15, 0.2) is 0 Å². The van der Waals surface area contributed by atoms with Crippen LogP contribution in [0.3, 0.4) is 0 Å². The third-order valence-electron chi connectivity index (χ3n) is 0. The molecule has 0 unspecified atom stereocenters. The molecule has 0 spiro atoms. The van der Waals surface area contributed by atoms with E-state index in [0.29, 0.717) is 0 Å². The highest BCUT2D eigenvalue weighted by Gasteiger charge is 0.745. The van der Waals surface area contributed by atoms with Gasteiger partial charge in [-0.2, -0.15) is 0 Å². The second-order valence-electron chi connectivity index (χ2n) is 0. The van der Waals surface area contributed by atoms with Crippen molar-refractivity contribution in [1.29, 1.82) is 0 Å². The lowest BCUT2D eigenvalue weighted by Crippen LogP contribution is -1.29. The Morgan fingerprint density at radius 1 is 0.800 bits per heavy atom. The molecule has 0 bridgehead atoms. The molecule has 0 atom stereocenters. The van der Waals surface area contributed by atoms with Crippen LogP contribution in [-0.2, 0) is 0 Å². The van der Waals surface area contributed by atoms with E-state index in [0.717, 1.165) is 0 Å². The monoisotopic (exact) mass is 104 g/mol. The van der Waals surface area contributed by atoms with Crippen molar-refractivity contribution in [2.24, 2.45) is 0 Å². The molecular weight excluding hydrogens is 96.6 g/mol. The van der Waals surface area contributed by atoms with E-state index in [-0.39, 0.29) is 51.6 Å². The fraction of sp³-hybridized carbons (Fsp3) is 0. The van der Waals surface area contributed by atoms with Crippen molar-refractivity contribution in [3.8, 4) is 0 Å². The van der Waals surface area contributed by atoms with Crippen molar-refractivity contribution in [3.63, 3.8) is 0 Å². The predicted molar refractivity (Wildman–Crippen MR) is 26.0 cm³/mol. The van der Waals surface area contributed by atoms with Crippen LogP contribution in [0.4, 0.5) is 0 Å². The first-order valence-electron chi connectivity index (χ1n) is 0.200. The number of hydrogen-bond donors (Lipinski definition) is 2. The molecule has 0 saturated heterocycles. The van der Waals surface area contributed by atoms with E-state index < -0.39 is 0 Å². The topological polar surface area (TPSA) is 72.0 Å². The minimum absolute atomic E-state index is 0. The fourth-order valence-electron chi connectivity index (χ4n) is 0. The Bertz CT molecular complexity index is 4.85. The standard InChI is InChI=1S/2Mg.H2O2.H2O.4H/c;;1-2;;;;;/h;;1-2H;1H2;;;;. The highest BCUT2D eigenvalue weighted by Crippen LogP contribution is 0.711. The van der Waals surface area contributed by atoms with Gasteiger partial charge in [0.25, 0.3) is 0 Å². The first kappa shape index (κ1) is 32.3. The van der Waals surface area contributed by atoms with E-state index in [1.165, 1.54) is 0 Å². The molecule has 0 rings (SSSR count). The Morgan fingerprint density at radius 3 is 0.800 bits per heavy atom. The third-order valence-corrected chi connectivity index (χ3v) is 0. The van der Waals surface area contributed by atoms with Gasteiger partial charge in [0.2, 0.25) is 0 Å². The molecule has 4 N–H and O–H groups in total. The van der Waals surface area contributed by atoms with Gasteiger partial charge in [-0.3, -0.25) is 10.5 Å². The largest absolute Gasteiger partial charge is 0.412 e. The van der Waals surface area contributed by atoms with E-state index in [2.05, 4.69) is 0 Å². The smallest absolute Gasteiger partial charge is 0.316 e. The molecule has 0 aromatic carbocycles. The van der Waals surface area contributed by atoms with E-state index in [9.17, 15) is 0 Å². The van der Waals surface area contributed by atoms with Crippen LogP contribution in [0, 0.1) is 0 Å². The first-order valence-corrected chi connectivity index (χ1v) is 0.200. The van der Waals surface area contributed by atoms with Gasteiger partial charge in [-0.25, -0.2) is 0 Å². The summed E-state index contributed by atoms with van der Waals surface area (Å²) in [6.45, 7) is 0. The summed E-state index contributed by atoms with van der Waals surface area (Å²) in [5.74, 6) is 0. The van der Waals surface area contributed by atoms with Gasteiger partial charge in [-0.15, -0.1) is 0 Å². The fourth-order valence-corrected chi connectivity index (χ4v) is 0. The molecule has 0 aromatic rings. The molecular formula is H8Mg2O3. The van der Waals surface area contributed by atoms with Gasteiger partial charge in [-0.05, 0) is 0 Å². The molecule has 5 heteroatoms. The summed E-state index contributed by atoms with van der Waals surface area (Å²) in [5.41, 5.74) is 0. The van der Waals surface area contributed by atoms with Gasteiger partial charge in [-0.1, -0.05) is 0 Å². The van der Waals surface area contributed by atoms with E-state index in [1.807, 2.05) is 0 Å². The van der Waals surface area contributed by atoms with Crippen molar-refractivity contribution in [2.45, 2.75) is 0 Å². The van der Waals surface area contributed by atoms with E-state index in [1.54, 1.807) is 0 Å². The number of hydrogen-bond acceptors (Lipinski definition) is 2. The Balaban J connectivity index is -0.00000000167. The first-order chi connectivity index (χ1) is 1.00. The Labute approximate surface area is 61.9 Å². The minimum atomic E-state index is 0. The lowest BCUT2D eigenvalue weighted by molar-refractivity contribution is -0.176. The molecule has 3 nitrogen and oxygen atoms in total. The minimum Gasteiger partial charge on any atom is -0.412 e. The van der Waals surface area contributed by atoms with Gasteiger partial charge in [0, 0.05) is 0 Å². The van der Waals surface area contributed by atoms with Gasteiger partial charge < -0.3 is 5.48 Å². The van der Waals surface area contributed by atoms with Crippen molar-refractivity contribution < 1.29 is 16.0 Å². The highest BCUT2D eigenvalue weighted by molar-refractivity contribution is 5.76. The molecule has 0 aliphatic carbocycles. The second kappa shape index (κ2) is 52.8. The van der Waals surface area contributed by atoms with Crippen LogP contribution < -0.4 is 0 Å². The summed E-state index contributed by atoms with van der Waals surface area (Å²) in [7, 11) is 0. The summed E-state index contributed by atoms with van der Waals surface area (Å²) >= 11 is 0. The maximum absolute atomic E-state index is 6.00. The Kier molecular flexibility index (Phi) is 341. The van der Waals surface area contributed by atoms with Gasteiger partial charge in [0.05, 0.1) is 0 Å². The lowest BCUT2D eigenvalue weighted by atomic mass is 15.0. The molecule has 0 fully saturated rings. The van der Waals surface area contributed by atoms with Crippen molar-refractivity contribution in [3.05, 3.63) is 0 Å². The molecule has 0 amide bonds. The maximum atomic E-state index is 6.00. The molecule has 0 saturated carbocycles. The average molecular weight is 105 g/mol. The lowest BCUT2D eigenvalue weighted by Gasteiger charge is -1.25. The van der Waals surface area contributed by atoms with Crippen LogP contribution in [0.2, 0.25) is 0 Å². The van der Waals surface area contributed by atoms with E-state index in [4.69, 9.17) is 10.5 Å². The summed E-state index contributed by atoms with van der Waals surface area (Å²) < 4.78 is 0. The van der Waals surface area contributed by atoms with Crippen LogP contribution in [0.5, 0.6) is 0 Å². The second-order valence-corrected chi connectivity index (χ2v) is 0. The quantitative estimate of drug-likeness (QED) is 0.200. The summed E-state index contributed by atoms with van der Waals surface area (Å²) in [6.07, 6.45) is 0. The average Bonchev–Trinajstić information content (AvgIpc) is 1.00. The SMILES string of the molecule is O.OO.[MgH2].[MgH2]. The third kappa shape index (κ3) is 31.6. The summed E-state index contributed by atoms with van der Waals surface area (Å²) in [5, 5.41) is 12.0. The summed E-state index contributed by atoms with van der Waals surface area (Å²) in [4.78, 5) is 0. The zero-order valence-corrected chi connectivity index (χ0v) is 1.39. The van der Waals surface area contributed by atoms with Crippen molar-refractivity contribution in [2.75, 3.05) is 0 Å². The Hall–Kier alpha value is 1.41. The van der Waals surface area contributed by atoms with Crippen molar-refractivity contribution in [1.82, 2.24) is 0 Å². The predicted octanol–water partition coefficient (Wildman–Crippen LogP) is -2.64. The van der Waals surface area contributed by atoms with Gasteiger partial charge in [0.1, 0.15) is 0 Å². The van der Waals surface area contributed by atoms with Crippen molar-refractivity contribution >= 4 is 46.1 Å². The van der Waals surface area contributed by atoms with Gasteiger partial charge >= 0.3 is 46.1 Å². The van der Waals surface area contributed by atoms with Crippen LogP contribution in [0.1, 0.15) is 0 Å². The molecule has 0 heterocycles.